The summed E-state index contributed by atoms with van der Waals surface area (Å²) >= 11 is 0. The van der Waals surface area contributed by atoms with Crippen LogP contribution in [0, 0.1) is 13.8 Å². The first kappa shape index (κ1) is 19.7. The second-order valence-corrected chi connectivity index (χ2v) is 9.73. The predicted octanol–water partition coefficient (Wildman–Crippen LogP) is 1.36. The Hall–Kier alpha value is -2.65. The van der Waals surface area contributed by atoms with Gasteiger partial charge in [-0.1, -0.05) is 0 Å². The molecule has 3 heterocycles. The molecular weight excluding hydrogens is 398 g/mol. The molecule has 9 heteroatoms. The highest BCUT2D eigenvalue weighted by molar-refractivity contribution is 7.91. The standard InChI is InChI=1S/C20H21NO7S/c1-10-7-27-17-6-18-14(5-13(10)17)11(2)12(20(24)28-18)3-4-19(23)21-15-8-29(25,26)9-16(15)22/h5-7,15-16,22H,3-4,8-9H2,1-2H3,(H,21,23)/t15-,16+/m0/s1. The number of hydrogen-bond acceptors (Lipinski definition) is 7. The molecule has 1 fully saturated rings. The highest BCUT2D eigenvalue weighted by Crippen LogP contribution is 2.29. The summed E-state index contributed by atoms with van der Waals surface area (Å²) in [5, 5.41) is 14.0. The fraction of sp³-hybridized carbons (Fsp3) is 0.400. The van der Waals surface area contributed by atoms with Crippen LogP contribution in [0.2, 0.25) is 0 Å². The first-order valence-electron chi connectivity index (χ1n) is 9.26. The zero-order chi connectivity index (χ0) is 20.9. The number of fused-ring (bicyclic) bond motifs is 2. The Labute approximate surface area is 166 Å². The number of carbonyl (C=O) groups excluding carboxylic acids is 1. The van der Waals surface area contributed by atoms with Gasteiger partial charge in [0.15, 0.2) is 9.84 Å². The third kappa shape index (κ3) is 3.67. The van der Waals surface area contributed by atoms with Gasteiger partial charge in [0.05, 0.1) is 29.9 Å². The molecule has 2 aromatic heterocycles. The van der Waals surface area contributed by atoms with Crippen molar-refractivity contribution >= 4 is 37.7 Å². The number of aliphatic hydroxyl groups is 1. The lowest BCUT2D eigenvalue weighted by atomic mass is 10.0. The number of benzene rings is 1. The van der Waals surface area contributed by atoms with E-state index in [4.69, 9.17) is 8.83 Å². The lowest BCUT2D eigenvalue weighted by molar-refractivity contribution is -0.122. The van der Waals surface area contributed by atoms with Gasteiger partial charge in [-0.05, 0) is 37.5 Å². The van der Waals surface area contributed by atoms with Crippen molar-refractivity contribution in [2.24, 2.45) is 0 Å². The Morgan fingerprint density at radius 2 is 1.97 bits per heavy atom. The molecule has 1 aromatic carbocycles. The molecule has 154 valence electrons. The molecule has 0 spiro atoms. The SMILES string of the molecule is Cc1coc2cc3oc(=O)c(CCC(=O)N[C@H]4CS(=O)(=O)C[C@H]4O)c(C)c3cc12. The first-order valence-corrected chi connectivity index (χ1v) is 11.1. The number of rotatable bonds is 4. The lowest BCUT2D eigenvalue weighted by Gasteiger charge is -2.15. The fourth-order valence-corrected chi connectivity index (χ4v) is 5.55. The van der Waals surface area contributed by atoms with Crippen LogP contribution in [0.25, 0.3) is 21.9 Å². The maximum absolute atomic E-state index is 12.4. The van der Waals surface area contributed by atoms with Crippen LogP contribution >= 0.6 is 0 Å². The summed E-state index contributed by atoms with van der Waals surface area (Å²) in [5.74, 6) is -1.06. The Balaban J connectivity index is 1.56. The van der Waals surface area contributed by atoms with E-state index in [2.05, 4.69) is 5.32 Å². The van der Waals surface area contributed by atoms with Gasteiger partial charge < -0.3 is 19.3 Å². The molecule has 0 saturated carbocycles. The largest absolute Gasteiger partial charge is 0.464 e. The number of aliphatic hydroxyl groups excluding tert-OH is 1. The van der Waals surface area contributed by atoms with Gasteiger partial charge in [0.1, 0.15) is 11.2 Å². The molecule has 3 aromatic rings. The first-order chi connectivity index (χ1) is 13.6. The topological polar surface area (TPSA) is 127 Å². The van der Waals surface area contributed by atoms with E-state index in [1.165, 1.54) is 0 Å². The molecule has 0 aliphatic carbocycles. The fourth-order valence-electron chi connectivity index (χ4n) is 3.81. The van der Waals surface area contributed by atoms with Crippen molar-refractivity contribution in [3.8, 4) is 0 Å². The van der Waals surface area contributed by atoms with E-state index in [1.54, 1.807) is 19.3 Å². The molecule has 1 aliphatic rings. The highest BCUT2D eigenvalue weighted by atomic mass is 32.2. The zero-order valence-corrected chi connectivity index (χ0v) is 16.8. The number of sulfone groups is 1. The second kappa shape index (κ2) is 7.00. The predicted molar refractivity (Wildman–Crippen MR) is 107 cm³/mol. The molecular formula is C20H21NO7S. The minimum atomic E-state index is -3.35. The molecule has 1 amide bonds. The summed E-state index contributed by atoms with van der Waals surface area (Å²) in [6.07, 6.45) is 0.651. The zero-order valence-electron chi connectivity index (χ0n) is 16.0. The van der Waals surface area contributed by atoms with Gasteiger partial charge in [-0.25, -0.2) is 13.2 Å². The van der Waals surface area contributed by atoms with Crippen molar-refractivity contribution in [1.82, 2.24) is 5.32 Å². The molecule has 0 bridgehead atoms. The van der Waals surface area contributed by atoms with Gasteiger partial charge in [0.25, 0.3) is 0 Å². The maximum Gasteiger partial charge on any atom is 0.339 e. The third-order valence-electron chi connectivity index (χ3n) is 5.45. The molecule has 0 radical (unpaired) electrons. The number of amides is 1. The summed E-state index contributed by atoms with van der Waals surface area (Å²) in [6, 6.07) is 2.77. The number of hydrogen-bond donors (Lipinski definition) is 2. The molecule has 0 unspecified atom stereocenters. The average Bonchev–Trinajstić information content (AvgIpc) is 3.11. The lowest BCUT2D eigenvalue weighted by Crippen LogP contribution is -2.42. The third-order valence-corrected chi connectivity index (χ3v) is 7.16. The van der Waals surface area contributed by atoms with Crippen LogP contribution in [0.3, 0.4) is 0 Å². The van der Waals surface area contributed by atoms with E-state index >= 15 is 0 Å². The van der Waals surface area contributed by atoms with Gasteiger partial charge in [0.2, 0.25) is 5.91 Å². The Kier molecular flexibility index (Phi) is 4.74. The normalized spacial score (nSPS) is 21.1. The number of carbonyl (C=O) groups is 1. The molecule has 2 N–H and O–H groups in total. The quantitative estimate of drug-likeness (QED) is 0.611. The summed E-state index contributed by atoms with van der Waals surface area (Å²) in [5.41, 5.74) is 2.63. The summed E-state index contributed by atoms with van der Waals surface area (Å²) < 4.78 is 34.0. The number of nitrogens with one attached hydrogen (secondary N) is 1. The maximum atomic E-state index is 12.4. The summed E-state index contributed by atoms with van der Waals surface area (Å²) in [4.78, 5) is 24.7. The van der Waals surface area contributed by atoms with E-state index < -0.39 is 33.5 Å². The van der Waals surface area contributed by atoms with Crippen molar-refractivity contribution in [3.63, 3.8) is 0 Å². The van der Waals surface area contributed by atoms with Crippen molar-refractivity contribution in [3.05, 3.63) is 45.5 Å². The second-order valence-electron chi connectivity index (χ2n) is 7.57. The van der Waals surface area contributed by atoms with Crippen molar-refractivity contribution < 1.29 is 27.2 Å². The van der Waals surface area contributed by atoms with Crippen LogP contribution in [0.15, 0.2) is 32.0 Å². The minimum absolute atomic E-state index is 0.0205. The van der Waals surface area contributed by atoms with Crippen molar-refractivity contribution in [1.29, 1.82) is 0 Å². The van der Waals surface area contributed by atoms with E-state index in [-0.39, 0.29) is 24.3 Å². The molecule has 29 heavy (non-hydrogen) atoms. The number of aryl methyl sites for hydroxylation is 2. The number of furan rings is 1. The Morgan fingerprint density at radius 1 is 1.21 bits per heavy atom. The van der Waals surface area contributed by atoms with Gasteiger partial charge in [0, 0.05) is 28.8 Å². The van der Waals surface area contributed by atoms with E-state index in [0.29, 0.717) is 16.7 Å². The summed E-state index contributed by atoms with van der Waals surface area (Å²) in [7, 11) is -3.35. The van der Waals surface area contributed by atoms with E-state index in [0.717, 1.165) is 21.9 Å². The Morgan fingerprint density at radius 3 is 2.66 bits per heavy atom. The molecule has 8 nitrogen and oxygen atoms in total. The van der Waals surface area contributed by atoms with E-state index in [1.807, 2.05) is 13.0 Å². The minimum Gasteiger partial charge on any atom is -0.464 e. The molecule has 4 rings (SSSR count). The summed E-state index contributed by atoms with van der Waals surface area (Å²) in [6.45, 7) is 3.73. The van der Waals surface area contributed by atoms with Gasteiger partial charge >= 0.3 is 5.63 Å². The Bertz CT molecular complexity index is 1290. The van der Waals surface area contributed by atoms with Crippen LogP contribution in [-0.4, -0.2) is 43.1 Å². The molecule has 1 aliphatic heterocycles. The van der Waals surface area contributed by atoms with Gasteiger partial charge in [-0.3, -0.25) is 4.79 Å². The molecule has 1 saturated heterocycles. The van der Waals surface area contributed by atoms with Crippen LogP contribution < -0.4 is 10.9 Å². The van der Waals surface area contributed by atoms with Crippen molar-refractivity contribution in [2.75, 3.05) is 11.5 Å². The monoisotopic (exact) mass is 419 g/mol. The van der Waals surface area contributed by atoms with Gasteiger partial charge in [-0.15, -0.1) is 0 Å². The van der Waals surface area contributed by atoms with Crippen molar-refractivity contribution in [2.45, 2.75) is 38.8 Å². The van der Waals surface area contributed by atoms with Gasteiger partial charge in [-0.2, -0.15) is 0 Å². The van der Waals surface area contributed by atoms with Crippen LogP contribution in [-0.2, 0) is 21.1 Å². The smallest absolute Gasteiger partial charge is 0.339 e. The average molecular weight is 419 g/mol. The van der Waals surface area contributed by atoms with Crippen LogP contribution in [0.4, 0.5) is 0 Å². The van der Waals surface area contributed by atoms with E-state index in [9.17, 15) is 23.1 Å². The highest BCUT2D eigenvalue weighted by Gasteiger charge is 2.37. The molecule has 2 atom stereocenters. The van der Waals surface area contributed by atoms with Crippen LogP contribution in [0.5, 0.6) is 0 Å². The van der Waals surface area contributed by atoms with Crippen LogP contribution in [0.1, 0.15) is 23.1 Å².